The molecule has 0 aromatic heterocycles. The van der Waals surface area contributed by atoms with Crippen LogP contribution in [0.3, 0.4) is 0 Å². The highest BCUT2D eigenvalue weighted by molar-refractivity contribution is 5.85. The summed E-state index contributed by atoms with van der Waals surface area (Å²) in [5, 5.41) is 8.84. The van der Waals surface area contributed by atoms with Crippen molar-refractivity contribution in [2.45, 2.75) is 12.3 Å². The summed E-state index contributed by atoms with van der Waals surface area (Å²) in [6.07, 6.45) is 0.183. The molecule has 0 spiro atoms. The largest absolute Gasteiger partial charge is 0.481 e. The molecule has 1 atom stereocenters. The lowest BCUT2D eigenvalue weighted by Gasteiger charge is -2.19. The molecule has 0 radical (unpaired) electrons. The molecule has 0 fully saturated rings. The van der Waals surface area contributed by atoms with Crippen LogP contribution < -0.4 is 0 Å². The Morgan fingerprint density at radius 1 is 1.31 bits per heavy atom. The van der Waals surface area contributed by atoms with Gasteiger partial charge in [-0.05, 0) is 19.7 Å². The van der Waals surface area contributed by atoms with Crippen LogP contribution in [-0.4, -0.2) is 36.6 Å². The van der Waals surface area contributed by atoms with E-state index in [9.17, 15) is 4.79 Å². The topological polar surface area (TPSA) is 40.5 Å². The normalized spacial score (nSPS) is 11.9. The first-order valence-electron chi connectivity index (χ1n) is 5.01. The van der Waals surface area contributed by atoms with Crippen molar-refractivity contribution in [1.29, 1.82) is 0 Å². The number of halogens is 1. The average molecular weight is 244 g/mol. The minimum Gasteiger partial charge on any atom is -0.481 e. The molecule has 0 amide bonds. The van der Waals surface area contributed by atoms with Crippen molar-refractivity contribution < 1.29 is 9.90 Å². The molecule has 0 saturated carbocycles. The Balaban J connectivity index is 0.00000225. The summed E-state index contributed by atoms with van der Waals surface area (Å²) in [4.78, 5) is 12.8. The van der Waals surface area contributed by atoms with E-state index in [0.29, 0.717) is 0 Å². The van der Waals surface area contributed by atoms with E-state index in [1.807, 2.05) is 49.3 Å². The summed E-state index contributed by atoms with van der Waals surface area (Å²) in [6.45, 7) is 0.760. The summed E-state index contributed by atoms with van der Waals surface area (Å²) in [6, 6.07) is 9.80. The Bertz CT molecular complexity index is 314. The summed E-state index contributed by atoms with van der Waals surface area (Å²) < 4.78 is 0. The molecule has 1 aromatic carbocycles. The maximum Gasteiger partial charge on any atom is 0.304 e. The Morgan fingerprint density at radius 3 is 2.31 bits per heavy atom. The molecule has 3 nitrogen and oxygen atoms in total. The first kappa shape index (κ1) is 14.9. The molecule has 0 aliphatic heterocycles. The Labute approximate surface area is 102 Å². The van der Waals surface area contributed by atoms with Gasteiger partial charge in [0, 0.05) is 12.5 Å². The zero-order chi connectivity index (χ0) is 11.3. The van der Waals surface area contributed by atoms with Gasteiger partial charge in [-0.2, -0.15) is 0 Å². The minimum atomic E-state index is -0.745. The quantitative estimate of drug-likeness (QED) is 0.862. The lowest BCUT2D eigenvalue weighted by molar-refractivity contribution is -0.137. The average Bonchev–Trinajstić information content (AvgIpc) is 2.17. The zero-order valence-corrected chi connectivity index (χ0v) is 10.4. The highest BCUT2D eigenvalue weighted by Crippen LogP contribution is 2.19. The molecule has 1 N–H and O–H groups in total. The van der Waals surface area contributed by atoms with Crippen LogP contribution in [0, 0.1) is 0 Å². The van der Waals surface area contributed by atoms with Gasteiger partial charge in [0.25, 0.3) is 0 Å². The maximum atomic E-state index is 10.7. The van der Waals surface area contributed by atoms with E-state index in [-0.39, 0.29) is 24.7 Å². The van der Waals surface area contributed by atoms with E-state index in [1.54, 1.807) is 0 Å². The summed E-state index contributed by atoms with van der Waals surface area (Å²) in [5.41, 5.74) is 1.09. The first-order valence-corrected chi connectivity index (χ1v) is 5.01. The van der Waals surface area contributed by atoms with Crippen molar-refractivity contribution >= 4 is 18.4 Å². The number of carboxylic acids is 1. The van der Waals surface area contributed by atoms with E-state index in [2.05, 4.69) is 0 Å². The van der Waals surface area contributed by atoms with Crippen LogP contribution in [-0.2, 0) is 4.79 Å². The van der Waals surface area contributed by atoms with Gasteiger partial charge in [-0.3, -0.25) is 4.79 Å². The van der Waals surface area contributed by atoms with Gasteiger partial charge in [-0.25, -0.2) is 0 Å². The number of hydrogen-bond donors (Lipinski definition) is 1. The fourth-order valence-electron chi connectivity index (χ4n) is 1.66. The summed E-state index contributed by atoms with van der Waals surface area (Å²) >= 11 is 0. The lowest BCUT2D eigenvalue weighted by Crippen LogP contribution is -2.22. The second-order valence-corrected chi connectivity index (χ2v) is 3.97. The first-order chi connectivity index (χ1) is 7.09. The Morgan fingerprint density at radius 2 is 1.88 bits per heavy atom. The number of benzene rings is 1. The van der Waals surface area contributed by atoms with Gasteiger partial charge in [-0.15, -0.1) is 12.4 Å². The van der Waals surface area contributed by atoms with Gasteiger partial charge < -0.3 is 10.0 Å². The van der Waals surface area contributed by atoms with E-state index in [4.69, 9.17) is 5.11 Å². The van der Waals surface area contributed by atoms with E-state index < -0.39 is 5.97 Å². The van der Waals surface area contributed by atoms with Crippen molar-refractivity contribution in [2.24, 2.45) is 0 Å². The van der Waals surface area contributed by atoms with Crippen LogP contribution in [0.2, 0.25) is 0 Å². The van der Waals surface area contributed by atoms with Crippen molar-refractivity contribution in [2.75, 3.05) is 20.6 Å². The number of carbonyl (C=O) groups is 1. The maximum absolute atomic E-state index is 10.7. The van der Waals surface area contributed by atoms with Crippen molar-refractivity contribution in [1.82, 2.24) is 4.90 Å². The monoisotopic (exact) mass is 243 g/mol. The third-order valence-electron chi connectivity index (χ3n) is 2.28. The predicted molar refractivity (Wildman–Crippen MR) is 67.2 cm³/mol. The minimum absolute atomic E-state index is 0. The summed E-state index contributed by atoms with van der Waals surface area (Å²) in [7, 11) is 3.91. The fraction of sp³-hybridized carbons (Fsp3) is 0.417. The van der Waals surface area contributed by atoms with Crippen LogP contribution in [0.25, 0.3) is 0 Å². The van der Waals surface area contributed by atoms with Crippen molar-refractivity contribution in [3.63, 3.8) is 0 Å². The number of nitrogens with zero attached hydrogens (tertiary/aromatic N) is 1. The van der Waals surface area contributed by atoms with Crippen LogP contribution >= 0.6 is 12.4 Å². The number of likely N-dealkylation sites (N-methyl/N-ethyl adjacent to an activating group) is 1. The smallest absolute Gasteiger partial charge is 0.304 e. The highest BCUT2D eigenvalue weighted by Gasteiger charge is 2.15. The summed E-state index contributed by atoms with van der Waals surface area (Å²) in [5.74, 6) is -0.676. The second kappa shape index (κ2) is 7.25. The molecule has 1 rings (SSSR count). The molecule has 0 saturated heterocycles. The third kappa shape index (κ3) is 5.14. The van der Waals surface area contributed by atoms with Gasteiger partial charge in [0.15, 0.2) is 0 Å². The molecule has 1 unspecified atom stereocenters. The SMILES string of the molecule is CN(C)CC(CC(=O)O)c1ccccc1.Cl. The molecular weight excluding hydrogens is 226 g/mol. The van der Waals surface area contributed by atoms with Gasteiger partial charge >= 0.3 is 5.97 Å². The molecule has 4 heteroatoms. The van der Waals surface area contributed by atoms with Gasteiger partial charge in [0.1, 0.15) is 0 Å². The molecule has 0 bridgehead atoms. The van der Waals surface area contributed by atoms with Crippen LogP contribution in [0.1, 0.15) is 17.9 Å². The molecule has 0 heterocycles. The van der Waals surface area contributed by atoms with E-state index in [1.165, 1.54) is 0 Å². The number of hydrogen-bond acceptors (Lipinski definition) is 2. The predicted octanol–water partition coefficient (Wildman–Crippen LogP) is 2.23. The van der Waals surface area contributed by atoms with Gasteiger partial charge in [0.05, 0.1) is 6.42 Å². The lowest BCUT2D eigenvalue weighted by atomic mass is 9.95. The molecule has 90 valence electrons. The zero-order valence-electron chi connectivity index (χ0n) is 9.59. The number of carboxylic acid groups (broad SMARTS) is 1. The second-order valence-electron chi connectivity index (χ2n) is 3.97. The molecule has 16 heavy (non-hydrogen) atoms. The van der Waals surface area contributed by atoms with Crippen molar-refractivity contribution in [3.8, 4) is 0 Å². The standard InChI is InChI=1S/C12H17NO2.ClH/c1-13(2)9-11(8-12(14)15)10-6-4-3-5-7-10;/h3-7,11H,8-9H2,1-2H3,(H,14,15);1H. The molecule has 0 aliphatic rings. The Hall–Kier alpha value is -1.06. The number of rotatable bonds is 5. The fourth-order valence-corrected chi connectivity index (χ4v) is 1.66. The van der Waals surface area contributed by atoms with Crippen molar-refractivity contribution in [3.05, 3.63) is 35.9 Å². The molecule has 1 aromatic rings. The third-order valence-corrected chi connectivity index (χ3v) is 2.28. The number of aliphatic carboxylic acids is 1. The highest BCUT2D eigenvalue weighted by atomic mass is 35.5. The molecular formula is C12H18ClNO2. The Kier molecular flexibility index (Phi) is 6.77. The van der Waals surface area contributed by atoms with Crippen LogP contribution in [0.5, 0.6) is 0 Å². The van der Waals surface area contributed by atoms with Gasteiger partial charge in [-0.1, -0.05) is 30.3 Å². The van der Waals surface area contributed by atoms with Crippen LogP contribution in [0.15, 0.2) is 30.3 Å². The molecule has 0 aliphatic carbocycles. The van der Waals surface area contributed by atoms with E-state index in [0.717, 1.165) is 12.1 Å². The van der Waals surface area contributed by atoms with E-state index >= 15 is 0 Å². The van der Waals surface area contributed by atoms with Gasteiger partial charge in [0.2, 0.25) is 0 Å². The van der Waals surface area contributed by atoms with Crippen LogP contribution in [0.4, 0.5) is 0 Å².